The third-order valence-electron chi connectivity index (χ3n) is 4.68. The van der Waals surface area contributed by atoms with Gasteiger partial charge in [-0.25, -0.2) is 4.98 Å². The molecule has 1 saturated heterocycles. The van der Waals surface area contributed by atoms with Gasteiger partial charge in [-0.2, -0.15) is 0 Å². The van der Waals surface area contributed by atoms with Gasteiger partial charge in [0.1, 0.15) is 5.82 Å². The largest absolute Gasteiger partial charge is 0.366 e. The molecule has 3 rings (SSSR count). The number of halogens is 1. The van der Waals surface area contributed by atoms with E-state index >= 15 is 0 Å². The fraction of sp³-hybridized carbons (Fsp3) is 0.647. The number of nitrogens with one attached hydrogen (secondary N) is 1. The minimum atomic E-state index is 0.0540. The fourth-order valence-electron chi connectivity index (χ4n) is 3.38. The smallest absolute Gasteiger partial charge is 0.255 e. The van der Waals surface area contributed by atoms with Crippen molar-refractivity contribution in [3.8, 4) is 0 Å². The van der Waals surface area contributed by atoms with Crippen molar-refractivity contribution in [1.29, 1.82) is 0 Å². The maximum atomic E-state index is 12.5. The maximum Gasteiger partial charge on any atom is 0.255 e. The van der Waals surface area contributed by atoms with E-state index in [1.807, 2.05) is 4.90 Å². The third kappa shape index (κ3) is 3.72. The Bertz CT molecular complexity index is 523. The molecule has 1 saturated carbocycles. The fourth-order valence-corrected chi connectivity index (χ4v) is 3.60. The van der Waals surface area contributed by atoms with Crippen LogP contribution in [0.25, 0.3) is 0 Å². The maximum absolute atomic E-state index is 12.5. The van der Waals surface area contributed by atoms with E-state index in [0.29, 0.717) is 22.4 Å². The Morgan fingerprint density at radius 3 is 2.50 bits per heavy atom. The molecule has 4 nitrogen and oxygen atoms in total. The Morgan fingerprint density at radius 1 is 1.14 bits per heavy atom. The third-order valence-corrected chi connectivity index (χ3v) is 4.97. The van der Waals surface area contributed by atoms with Crippen molar-refractivity contribution in [2.24, 2.45) is 0 Å². The van der Waals surface area contributed by atoms with Crippen LogP contribution in [0.15, 0.2) is 12.3 Å². The van der Waals surface area contributed by atoms with Gasteiger partial charge in [-0.3, -0.25) is 4.79 Å². The van der Waals surface area contributed by atoms with Crippen LogP contribution in [-0.2, 0) is 0 Å². The molecule has 22 heavy (non-hydrogen) atoms. The normalized spacial score (nSPS) is 20.0. The van der Waals surface area contributed by atoms with Crippen molar-refractivity contribution in [2.45, 2.75) is 57.4 Å². The molecule has 1 aliphatic heterocycles. The average Bonchev–Trinajstić information content (AvgIpc) is 2.58. The number of pyridine rings is 1. The quantitative estimate of drug-likeness (QED) is 0.911. The summed E-state index contributed by atoms with van der Waals surface area (Å²) in [5.41, 5.74) is 0.598. The van der Waals surface area contributed by atoms with E-state index in [1.54, 1.807) is 12.3 Å². The Balaban J connectivity index is 1.67. The Hall–Kier alpha value is -1.29. The van der Waals surface area contributed by atoms with E-state index in [0.717, 1.165) is 25.9 Å². The molecule has 120 valence electrons. The van der Waals surface area contributed by atoms with Crippen LogP contribution < -0.4 is 5.32 Å². The average molecular weight is 322 g/mol. The molecule has 2 heterocycles. The van der Waals surface area contributed by atoms with Crippen LogP contribution in [0.4, 0.5) is 5.82 Å². The molecule has 1 amide bonds. The van der Waals surface area contributed by atoms with Crippen molar-refractivity contribution in [1.82, 2.24) is 9.88 Å². The molecule has 0 atom stereocenters. The minimum Gasteiger partial charge on any atom is -0.366 e. The first-order chi connectivity index (χ1) is 10.7. The summed E-state index contributed by atoms with van der Waals surface area (Å²) in [6, 6.07) is 2.22. The summed E-state index contributed by atoms with van der Waals surface area (Å²) < 4.78 is 0. The predicted molar refractivity (Wildman–Crippen MR) is 89.5 cm³/mol. The number of carbonyl (C=O) groups excluding carboxylic acids is 1. The Kier molecular flexibility index (Phi) is 5.19. The van der Waals surface area contributed by atoms with Crippen LogP contribution in [-0.4, -0.2) is 34.9 Å². The molecule has 1 N–H and O–H groups in total. The molecule has 0 spiro atoms. The first-order valence-electron chi connectivity index (χ1n) is 8.45. The number of hydrogen-bond acceptors (Lipinski definition) is 3. The molecule has 0 aromatic carbocycles. The van der Waals surface area contributed by atoms with Crippen LogP contribution in [0.5, 0.6) is 0 Å². The Labute approximate surface area is 137 Å². The molecule has 2 fully saturated rings. The first-order valence-corrected chi connectivity index (χ1v) is 8.83. The lowest BCUT2D eigenvalue weighted by atomic mass is 9.95. The molecule has 1 aliphatic carbocycles. The van der Waals surface area contributed by atoms with E-state index in [2.05, 4.69) is 10.3 Å². The molecule has 1 aromatic rings. The van der Waals surface area contributed by atoms with Crippen LogP contribution >= 0.6 is 11.6 Å². The zero-order chi connectivity index (χ0) is 15.4. The summed E-state index contributed by atoms with van der Waals surface area (Å²) in [5, 5.41) is 3.98. The van der Waals surface area contributed by atoms with Gasteiger partial charge in [0.2, 0.25) is 0 Å². The summed E-state index contributed by atoms with van der Waals surface area (Å²) in [5.74, 6) is 0.766. The van der Waals surface area contributed by atoms with E-state index in [1.165, 1.54) is 38.5 Å². The van der Waals surface area contributed by atoms with Gasteiger partial charge in [-0.05, 0) is 38.2 Å². The number of likely N-dealkylation sites (tertiary alicyclic amines) is 1. The second-order valence-electron chi connectivity index (χ2n) is 6.39. The second kappa shape index (κ2) is 7.32. The lowest BCUT2D eigenvalue weighted by Gasteiger charge is -2.27. The summed E-state index contributed by atoms with van der Waals surface area (Å²) >= 11 is 6.34. The predicted octanol–water partition coefficient (Wildman–Crippen LogP) is 4.11. The number of amides is 1. The molecule has 5 heteroatoms. The van der Waals surface area contributed by atoms with Gasteiger partial charge in [0.25, 0.3) is 5.91 Å². The van der Waals surface area contributed by atoms with Gasteiger partial charge in [0.15, 0.2) is 0 Å². The highest BCUT2D eigenvalue weighted by atomic mass is 35.5. The van der Waals surface area contributed by atoms with Gasteiger partial charge in [-0.1, -0.05) is 30.9 Å². The number of carbonyl (C=O) groups is 1. The van der Waals surface area contributed by atoms with E-state index in [-0.39, 0.29) is 5.91 Å². The molecule has 0 radical (unpaired) electrons. The monoisotopic (exact) mass is 321 g/mol. The highest BCUT2D eigenvalue weighted by Gasteiger charge is 2.20. The summed E-state index contributed by atoms with van der Waals surface area (Å²) in [4.78, 5) is 18.8. The summed E-state index contributed by atoms with van der Waals surface area (Å²) in [6.07, 6.45) is 11.3. The van der Waals surface area contributed by atoms with Crippen molar-refractivity contribution >= 4 is 23.3 Å². The number of piperidine rings is 1. The van der Waals surface area contributed by atoms with Crippen LogP contribution in [0.2, 0.25) is 5.02 Å². The van der Waals surface area contributed by atoms with Crippen molar-refractivity contribution in [3.63, 3.8) is 0 Å². The SMILES string of the molecule is O=C(c1cnc(NC2CCCCC2)c(Cl)c1)N1CCCCC1. The highest BCUT2D eigenvalue weighted by molar-refractivity contribution is 6.33. The zero-order valence-electron chi connectivity index (χ0n) is 13.0. The van der Waals surface area contributed by atoms with Crippen molar-refractivity contribution < 1.29 is 4.79 Å². The summed E-state index contributed by atoms with van der Waals surface area (Å²) in [6.45, 7) is 1.69. The van der Waals surface area contributed by atoms with Gasteiger partial charge >= 0.3 is 0 Å². The highest BCUT2D eigenvalue weighted by Crippen LogP contribution is 2.26. The van der Waals surface area contributed by atoms with Gasteiger partial charge in [0, 0.05) is 25.3 Å². The topological polar surface area (TPSA) is 45.2 Å². The molecule has 0 bridgehead atoms. The van der Waals surface area contributed by atoms with Crippen molar-refractivity contribution in [2.75, 3.05) is 18.4 Å². The van der Waals surface area contributed by atoms with Gasteiger partial charge in [-0.15, -0.1) is 0 Å². The van der Waals surface area contributed by atoms with Crippen LogP contribution in [0.1, 0.15) is 61.7 Å². The lowest BCUT2D eigenvalue weighted by Crippen LogP contribution is -2.35. The molecular formula is C17H24ClN3O. The molecular weight excluding hydrogens is 298 g/mol. The van der Waals surface area contributed by atoms with E-state index in [4.69, 9.17) is 11.6 Å². The van der Waals surface area contributed by atoms with Gasteiger partial charge < -0.3 is 10.2 Å². The molecule has 0 unspecified atom stereocenters. The molecule has 2 aliphatic rings. The number of rotatable bonds is 3. The number of aromatic nitrogens is 1. The number of anilines is 1. The lowest BCUT2D eigenvalue weighted by molar-refractivity contribution is 0.0724. The first kappa shape index (κ1) is 15.6. The number of nitrogens with zero attached hydrogens (tertiary/aromatic N) is 2. The second-order valence-corrected chi connectivity index (χ2v) is 6.79. The molecule has 1 aromatic heterocycles. The Morgan fingerprint density at radius 2 is 1.82 bits per heavy atom. The van der Waals surface area contributed by atoms with Crippen molar-refractivity contribution in [3.05, 3.63) is 22.8 Å². The van der Waals surface area contributed by atoms with Gasteiger partial charge in [0.05, 0.1) is 10.6 Å². The minimum absolute atomic E-state index is 0.0540. The van der Waals surface area contributed by atoms with Crippen LogP contribution in [0, 0.1) is 0 Å². The summed E-state index contributed by atoms with van der Waals surface area (Å²) in [7, 11) is 0. The standard InChI is InChI=1S/C17H24ClN3O/c18-15-11-13(17(22)21-9-5-2-6-10-21)12-19-16(15)20-14-7-3-1-4-8-14/h11-12,14H,1-10H2,(H,19,20). The zero-order valence-corrected chi connectivity index (χ0v) is 13.7. The van der Waals surface area contributed by atoms with E-state index in [9.17, 15) is 4.79 Å². The number of hydrogen-bond donors (Lipinski definition) is 1. The van der Waals surface area contributed by atoms with E-state index < -0.39 is 0 Å². The van der Waals surface area contributed by atoms with Crippen LogP contribution in [0.3, 0.4) is 0 Å².